The highest BCUT2D eigenvalue weighted by molar-refractivity contribution is 7.98. The molecule has 1 aliphatic carbocycles. The molecular formula is C13H16N2S. The minimum Gasteiger partial charge on any atom is -0.298 e. The molecule has 3 heteroatoms. The second-order valence-corrected chi connectivity index (χ2v) is 5.15. The van der Waals surface area contributed by atoms with Crippen LogP contribution >= 0.6 is 11.8 Å². The highest BCUT2D eigenvalue weighted by atomic mass is 32.2. The Morgan fingerprint density at radius 2 is 2.12 bits per heavy atom. The average Bonchev–Trinajstić information content (AvgIpc) is 3.13. The van der Waals surface area contributed by atoms with Crippen LogP contribution in [0.4, 0.5) is 0 Å². The molecule has 0 amide bonds. The van der Waals surface area contributed by atoms with E-state index in [0.29, 0.717) is 6.04 Å². The predicted molar refractivity (Wildman–Crippen MR) is 68.2 cm³/mol. The summed E-state index contributed by atoms with van der Waals surface area (Å²) in [6.45, 7) is 0. The van der Waals surface area contributed by atoms with Gasteiger partial charge in [0.25, 0.3) is 0 Å². The molecule has 0 radical (unpaired) electrons. The second kappa shape index (κ2) is 5.93. The first-order chi connectivity index (χ1) is 7.88. The minimum absolute atomic E-state index is 0.0150. The van der Waals surface area contributed by atoms with Crippen molar-refractivity contribution < 1.29 is 0 Å². The number of thioether (sulfide) groups is 1. The van der Waals surface area contributed by atoms with Crippen molar-refractivity contribution >= 4 is 11.8 Å². The summed E-state index contributed by atoms with van der Waals surface area (Å²) in [5.74, 6) is 1.87. The highest BCUT2D eigenvalue weighted by Gasteiger charge is 2.24. The third kappa shape index (κ3) is 3.88. The van der Waals surface area contributed by atoms with E-state index in [1.165, 1.54) is 18.4 Å². The molecule has 0 heterocycles. The summed E-state index contributed by atoms with van der Waals surface area (Å²) in [6, 6.07) is 13.4. The molecule has 1 fully saturated rings. The van der Waals surface area contributed by atoms with Crippen LogP contribution < -0.4 is 5.32 Å². The van der Waals surface area contributed by atoms with Crippen molar-refractivity contribution in [1.82, 2.24) is 5.32 Å². The normalized spacial score (nSPS) is 16.7. The van der Waals surface area contributed by atoms with Gasteiger partial charge in [0.15, 0.2) is 0 Å². The lowest BCUT2D eigenvalue weighted by Crippen LogP contribution is -2.31. The van der Waals surface area contributed by atoms with Gasteiger partial charge in [0, 0.05) is 17.5 Å². The summed E-state index contributed by atoms with van der Waals surface area (Å²) >= 11 is 1.82. The van der Waals surface area contributed by atoms with E-state index in [2.05, 4.69) is 35.7 Å². The fourth-order valence-electron chi connectivity index (χ4n) is 1.53. The van der Waals surface area contributed by atoms with Gasteiger partial charge in [0.05, 0.1) is 6.07 Å². The number of rotatable bonds is 6. The fraction of sp³-hybridized carbons (Fsp3) is 0.462. The molecule has 0 saturated heterocycles. The number of nitrogens with one attached hydrogen (secondary N) is 1. The van der Waals surface area contributed by atoms with Gasteiger partial charge in [-0.2, -0.15) is 17.0 Å². The predicted octanol–water partition coefficient (Wildman–Crippen LogP) is 2.56. The first kappa shape index (κ1) is 11.5. The SMILES string of the molecule is N#CC(CSCc1ccccc1)NC1CC1. The minimum atomic E-state index is 0.0150. The molecular weight excluding hydrogens is 216 g/mol. The maximum Gasteiger partial charge on any atom is 0.105 e. The van der Waals surface area contributed by atoms with Crippen LogP contribution in [0.1, 0.15) is 18.4 Å². The van der Waals surface area contributed by atoms with Crippen molar-refractivity contribution in [2.75, 3.05) is 5.75 Å². The molecule has 0 aliphatic heterocycles. The maximum absolute atomic E-state index is 8.97. The topological polar surface area (TPSA) is 35.8 Å². The molecule has 0 aromatic heterocycles. The molecule has 2 nitrogen and oxygen atoms in total. The van der Waals surface area contributed by atoms with E-state index in [1.54, 1.807) is 0 Å². The molecule has 0 spiro atoms. The molecule has 84 valence electrons. The smallest absolute Gasteiger partial charge is 0.105 e. The van der Waals surface area contributed by atoms with Crippen LogP contribution in [0.5, 0.6) is 0 Å². The Morgan fingerprint density at radius 1 is 1.38 bits per heavy atom. The van der Waals surface area contributed by atoms with Crippen LogP contribution in [0.2, 0.25) is 0 Å². The number of benzene rings is 1. The fourth-order valence-corrected chi connectivity index (χ4v) is 2.48. The highest BCUT2D eigenvalue weighted by Crippen LogP contribution is 2.20. The maximum atomic E-state index is 8.97. The summed E-state index contributed by atoms with van der Waals surface area (Å²) in [7, 11) is 0. The summed E-state index contributed by atoms with van der Waals surface area (Å²) in [5, 5.41) is 12.3. The van der Waals surface area contributed by atoms with Crippen molar-refractivity contribution in [3.05, 3.63) is 35.9 Å². The van der Waals surface area contributed by atoms with Crippen LogP contribution in [0.3, 0.4) is 0 Å². The lowest BCUT2D eigenvalue weighted by molar-refractivity contribution is 0.644. The van der Waals surface area contributed by atoms with E-state index in [0.717, 1.165) is 11.5 Å². The standard InChI is InChI=1S/C13H16N2S/c14-8-13(15-12-6-7-12)10-16-9-11-4-2-1-3-5-11/h1-5,12-13,15H,6-7,9-10H2. The average molecular weight is 232 g/mol. The van der Waals surface area contributed by atoms with Gasteiger partial charge < -0.3 is 0 Å². The van der Waals surface area contributed by atoms with E-state index in [9.17, 15) is 0 Å². The molecule has 1 aliphatic rings. The van der Waals surface area contributed by atoms with Gasteiger partial charge in [-0.1, -0.05) is 30.3 Å². The third-order valence-electron chi connectivity index (χ3n) is 2.57. The van der Waals surface area contributed by atoms with Crippen molar-refractivity contribution in [3.63, 3.8) is 0 Å². The third-order valence-corrected chi connectivity index (χ3v) is 3.67. The number of hydrogen-bond donors (Lipinski definition) is 1. The van der Waals surface area contributed by atoms with Gasteiger partial charge in [0.1, 0.15) is 6.04 Å². The monoisotopic (exact) mass is 232 g/mol. The Hall–Kier alpha value is -0.980. The van der Waals surface area contributed by atoms with Crippen LogP contribution in [0, 0.1) is 11.3 Å². The summed E-state index contributed by atoms with van der Waals surface area (Å²) in [4.78, 5) is 0. The van der Waals surface area contributed by atoms with E-state index >= 15 is 0 Å². The zero-order chi connectivity index (χ0) is 11.2. The molecule has 0 bridgehead atoms. The molecule has 1 aromatic rings. The first-order valence-electron chi connectivity index (χ1n) is 5.66. The lowest BCUT2D eigenvalue weighted by Gasteiger charge is -2.09. The largest absolute Gasteiger partial charge is 0.298 e. The Kier molecular flexibility index (Phi) is 4.26. The van der Waals surface area contributed by atoms with Crippen molar-refractivity contribution in [2.45, 2.75) is 30.7 Å². The molecule has 16 heavy (non-hydrogen) atoms. The number of nitriles is 1. The van der Waals surface area contributed by atoms with Crippen LogP contribution in [0.25, 0.3) is 0 Å². The zero-order valence-corrected chi connectivity index (χ0v) is 10.0. The van der Waals surface area contributed by atoms with Crippen LogP contribution in [0.15, 0.2) is 30.3 Å². The van der Waals surface area contributed by atoms with Gasteiger partial charge in [-0.05, 0) is 18.4 Å². The van der Waals surface area contributed by atoms with E-state index in [4.69, 9.17) is 5.26 Å². The van der Waals surface area contributed by atoms with Gasteiger partial charge in [-0.3, -0.25) is 5.32 Å². The molecule has 2 rings (SSSR count). The summed E-state index contributed by atoms with van der Waals surface area (Å²) in [6.07, 6.45) is 2.48. The Morgan fingerprint density at radius 3 is 2.75 bits per heavy atom. The number of hydrogen-bond acceptors (Lipinski definition) is 3. The number of nitrogens with zero attached hydrogens (tertiary/aromatic N) is 1. The van der Waals surface area contributed by atoms with Crippen molar-refractivity contribution in [2.24, 2.45) is 0 Å². The van der Waals surface area contributed by atoms with E-state index in [-0.39, 0.29) is 6.04 Å². The Bertz CT molecular complexity index is 354. The molecule has 1 saturated carbocycles. The van der Waals surface area contributed by atoms with Crippen molar-refractivity contribution in [3.8, 4) is 6.07 Å². The molecule has 1 unspecified atom stereocenters. The summed E-state index contributed by atoms with van der Waals surface area (Å²) in [5.41, 5.74) is 1.33. The van der Waals surface area contributed by atoms with E-state index < -0.39 is 0 Å². The van der Waals surface area contributed by atoms with Gasteiger partial charge in [-0.25, -0.2) is 0 Å². The lowest BCUT2D eigenvalue weighted by atomic mass is 10.2. The molecule has 1 aromatic carbocycles. The van der Waals surface area contributed by atoms with Gasteiger partial charge in [0.2, 0.25) is 0 Å². The van der Waals surface area contributed by atoms with Gasteiger partial charge >= 0.3 is 0 Å². The van der Waals surface area contributed by atoms with Crippen LogP contribution in [-0.2, 0) is 5.75 Å². The Labute approximate surface area is 101 Å². The first-order valence-corrected chi connectivity index (χ1v) is 6.81. The zero-order valence-electron chi connectivity index (χ0n) is 9.23. The van der Waals surface area contributed by atoms with Crippen LogP contribution in [-0.4, -0.2) is 17.8 Å². The molecule has 1 atom stereocenters. The van der Waals surface area contributed by atoms with Gasteiger partial charge in [-0.15, -0.1) is 0 Å². The second-order valence-electron chi connectivity index (χ2n) is 4.12. The Balaban J connectivity index is 1.68. The van der Waals surface area contributed by atoms with Crippen molar-refractivity contribution in [1.29, 1.82) is 5.26 Å². The molecule has 1 N–H and O–H groups in total. The summed E-state index contributed by atoms with van der Waals surface area (Å²) < 4.78 is 0. The van der Waals surface area contributed by atoms with E-state index in [1.807, 2.05) is 17.8 Å². The quantitative estimate of drug-likeness (QED) is 0.819.